The average Bonchev–Trinajstić information content (AvgIpc) is 3.05. The Hall–Kier alpha value is -1.32. The van der Waals surface area contributed by atoms with E-state index in [0.29, 0.717) is 5.92 Å². The Morgan fingerprint density at radius 1 is 1.31 bits per heavy atom. The fourth-order valence-electron chi connectivity index (χ4n) is 2.21. The number of aromatic amines is 1. The SMILES string of the molecule is N[C@H](c1ccc2[nH]ccc2c1)[C@@H](O)C1CC1. The number of aliphatic hydroxyl groups excluding tert-OH is 1. The molecule has 0 spiro atoms. The maximum Gasteiger partial charge on any atom is 0.0760 e. The molecule has 4 N–H and O–H groups in total. The molecule has 1 aliphatic carbocycles. The Kier molecular flexibility index (Phi) is 2.23. The lowest BCUT2D eigenvalue weighted by molar-refractivity contribution is 0.122. The maximum atomic E-state index is 10.0. The minimum atomic E-state index is -0.392. The lowest BCUT2D eigenvalue weighted by Crippen LogP contribution is -2.27. The highest BCUT2D eigenvalue weighted by molar-refractivity contribution is 5.80. The Labute approximate surface area is 94.3 Å². The van der Waals surface area contributed by atoms with Crippen molar-refractivity contribution in [1.82, 2.24) is 4.98 Å². The van der Waals surface area contributed by atoms with E-state index < -0.39 is 6.10 Å². The van der Waals surface area contributed by atoms with Gasteiger partial charge in [-0.3, -0.25) is 0 Å². The van der Waals surface area contributed by atoms with E-state index in [2.05, 4.69) is 11.1 Å². The van der Waals surface area contributed by atoms with Crippen LogP contribution in [0.25, 0.3) is 10.9 Å². The van der Waals surface area contributed by atoms with Gasteiger partial charge >= 0.3 is 0 Å². The predicted octanol–water partition coefficient (Wildman–Crippen LogP) is 1.94. The Morgan fingerprint density at radius 2 is 2.12 bits per heavy atom. The first-order valence-electron chi connectivity index (χ1n) is 5.76. The van der Waals surface area contributed by atoms with E-state index in [1.165, 1.54) is 0 Å². The molecule has 2 aromatic rings. The summed E-state index contributed by atoms with van der Waals surface area (Å²) in [5.74, 6) is 0.414. The molecule has 3 heteroatoms. The summed E-state index contributed by atoms with van der Waals surface area (Å²) >= 11 is 0. The normalized spacial score (nSPS) is 19.9. The van der Waals surface area contributed by atoms with Crippen molar-refractivity contribution in [3.05, 3.63) is 36.0 Å². The number of benzene rings is 1. The highest BCUT2D eigenvalue weighted by Crippen LogP contribution is 2.37. The molecule has 84 valence electrons. The molecule has 1 aromatic heterocycles. The molecule has 1 aliphatic rings. The minimum absolute atomic E-state index is 0.258. The smallest absolute Gasteiger partial charge is 0.0760 e. The van der Waals surface area contributed by atoms with Gasteiger partial charge in [-0.15, -0.1) is 0 Å². The predicted molar refractivity (Wildman–Crippen MR) is 64.0 cm³/mol. The number of nitrogens with one attached hydrogen (secondary N) is 1. The van der Waals surface area contributed by atoms with Crippen LogP contribution >= 0.6 is 0 Å². The highest BCUT2D eigenvalue weighted by atomic mass is 16.3. The Bertz CT molecular complexity index is 501. The zero-order chi connectivity index (χ0) is 11.1. The number of hydrogen-bond donors (Lipinski definition) is 3. The van der Waals surface area contributed by atoms with E-state index in [1.807, 2.05) is 24.4 Å². The van der Waals surface area contributed by atoms with Crippen molar-refractivity contribution in [2.75, 3.05) is 0 Å². The molecule has 1 heterocycles. The summed E-state index contributed by atoms with van der Waals surface area (Å²) in [5, 5.41) is 11.1. The van der Waals surface area contributed by atoms with Crippen molar-refractivity contribution in [2.45, 2.75) is 25.0 Å². The van der Waals surface area contributed by atoms with Crippen LogP contribution in [-0.4, -0.2) is 16.2 Å². The summed E-state index contributed by atoms with van der Waals surface area (Å²) in [5.41, 5.74) is 8.21. The first-order valence-corrected chi connectivity index (χ1v) is 5.76. The molecule has 0 unspecified atom stereocenters. The van der Waals surface area contributed by atoms with E-state index >= 15 is 0 Å². The van der Waals surface area contributed by atoms with Crippen LogP contribution in [0.4, 0.5) is 0 Å². The first-order chi connectivity index (χ1) is 7.75. The van der Waals surface area contributed by atoms with Gasteiger partial charge in [0.1, 0.15) is 0 Å². The molecule has 0 saturated heterocycles. The standard InChI is InChI=1S/C13H16N2O/c14-12(13(16)8-1-2-8)10-3-4-11-9(7-10)5-6-15-11/h3-8,12-13,15-16H,1-2,14H2/t12-,13+/m1/s1. The molecular formula is C13H16N2O. The zero-order valence-corrected chi connectivity index (χ0v) is 9.06. The van der Waals surface area contributed by atoms with Crippen LogP contribution in [0.1, 0.15) is 24.4 Å². The molecule has 1 saturated carbocycles. The van der Waals surface area contributed by atoms with Gasteiger partial charge in [-0.05, 0) is 47.9 Å². The number of fused-ring (bicyclic) bond motifs is 1. The lowest BCUT2D eigenvalue weighted by atomic mass is 9.98. The Balaban J connectivity index is 1.91. The molecule has 3 rings (SSSR count). The van der Waals surface area contributed by atoms with Crippen molar-refractivity contribution >= 4 is 10.9 Å². The van der Waals surface area contributed by atoms with Gasteiger partial charge in [-0.2, -0.15) is 0 Å². The second-order valence-electron chi connectivity index (χ2n) is 4.68. The number of H-pyrrole nitrogens is 1. The van der Waals surface area contributed by atoms with E-state index in [4.69, 9.17) is 5.73 Å². The fourth-order valence-corrected chi connectivity index (χ4v) is 2.21. The fraction of sp³-hybridized carbons (Fsp3) is 0.385. The summed E-state index contributed by atoms with van der Waals surface area (Å²) in [6.07, 6.45) is 3.75. The second-order valence-corrected chi connectivity index (χ2v) is 4.68. The van der Waals surface area contributed by atoms with Crippen LogP contribution in [-0.2, 0) is 0 Å². The summed E-state index contributed by atoms with van der Waals surface area (Å²) in [6, 6.07) is 7.84. The van der Waals surface area contributed by atoms with Gasteiger partial charge in [0, 0.05) is 11.7 Å². The van der Waals surface area contributed by atoms with Crippen LogP contribution in [0, 0.1) is 5.92 Å². The van der Waals surface area contributed by atoms with E-state index in [0.717, 1.165) is 29.3 Å². The van der Waals surface area contributed by atoms with Crippen molar-refractivity contribution < 1.29 is 5.11 Å². The van der Waals surface area contributed by atoms with Crippen LogP contribution < -0.4 is 5.73 Å². The molecule has 0 radical (unpaired) electrons. The van der Waals surface area contributed by atoms with Crippen molar-refractivity contribution in [1.29, 1.82) is 0 Å². The monoisotopic (exact) mass is 216 g/mol. The van der Waals surface area contributed by atoms with Gasteiger partial charge in [-0.1, -0.05) is 6.07 Å². The molecule has 1 fully saturated rings. The molecular weight excluding hydrogens is 200 g/mol. The zero-order valence-electron chi connectivity index (χ0n) is 9.06. The van der Waals surface area contributed by atoms with Gasteiger partial charge < -0.3 is 15.8 Å². The molecule has 3 nitrogen and oxygen atoms in total. The summed E-state index contributed by atoms with van der Waals surface area (Å²) in [6.45, 7) is 0. The number of rotatable bonds is 3. The summed E-state index contributed by atoms with van der Waals surface area (Å²) < 4.78 is 0. The molecule has 0 amide bonds. The van der Waals surface area contributed by atoms with E-state index in [9.17, 15) is 5.11 Å². The van der Waals surface area contributed by atoms with E-state index in [1.54, 1.807) is 0 Å². The maximum absolute atomic E-state index is 10.0. The average molecular weight is 216 g/mol. The Morgan fingerprint density at radius 3 is 2.88 bits per heavy atom. The van der Waals surface area contributed by atoms with Gasteiger partial charge in [0.25, 0.3) is 0 Å². The van der Waals surface area contributed by atoms with Crippen LogP contribution in [0.5, 0.6) is 0 Å². The number of aromatic nitrogens is 1. The minimum Gasteiger partial charge on any atom is -0.391 e. The second kappa shape index (κ2) is 3.61. The van der Waals surface area contributed by atoms with Gasteiger partial charge in [0.2, 0.25) is 0 Å². The van der Waals surface area contributed by atoms with Crippen molar-refractivity contribution in [2.24, 2.45) is 11.7 Å². The first kappa shape index (κ1) is 9.87. The highest BCUT2D eigenvalue weighted by Gasteiger charge is 2.34. The van der Waals surface area contributed by atoms with Crippen LogP contribution in [0.15, 0.2) is 30.5 Å². The molecule has 16 heavy (non-hydrogen) atoms. The summed E-state index contributed by atoms with van der Waals surface area (Å²) in [4.78, 5) is 3.15. The quantitative estimate of drug-likeness (QED) is 0.734. The number of nitrogens with two attached hydrogens (primary N) is 1. The molecule has 0 aliphatic heterocycles. The van der Waals surface area contributed by atoms with Gasteiger partial charge in [0.05, 0.1) is 12.1 Å². The third-order valence-electron chi connectivity index (χ3n) is 3.44. The number of hydrogen-bond acceptors (Lipinski definition) is 2. The van der Waals surface area contributed by atoms with Crippen LogP contribution in [0.2, 0.25) is 0 Å². The largest absolute Gasteiger partial charge is 0.391 e. The summed E-state index contributed by atoms with van der Waals surface area (Å²) in [7, 11) is 0. The van der Waals surface area contributed by atoms with Gasteiger partial charge in [-0.25, -0.2) is 0 Å². The lowest BCUT2D eigenvalue weighted by Gasteiger charge is -2.18. The third kappa shape index (κ3) is 1.62. The van der Waals surface area contributed by atoms with E-state index in [-0.39, 0.29) is 6.04 Å². The van der Waals surface area contributed by atoms with Crippen molar-refractivity contribution in [3.8, 4) is 0 Å². The third-order valence-corrected chi connectivity index (χ3v) is 3.44. The van der Waals surface area contributed by atoms with Gasteiger partial charge in [0.15, 0.2) is 0 Å². The number of aliphatic hydroxyl groups is 1. The van der Waals surface area contributed by atoms with Crippen LogP contribution in [0.3, 0.4) is 0 Å². The topological polar surface area (TPSA) is 62.0 Å². The molecule has 0 bridgehead atoms. The molecule has 1 aromatic carbocycles. The molecule has 2 atom stereocenters. The van der Waals surface area contributed by atoms with Crippen molar-refractivity contribution in [3.63, 3.8) is 0 Å².